The fraction of sp³-hybridized carbons (Fsp3) is 0.0882. The summed E-state index contributed by atoms with van der Waals surface area (Å²) in [5, 5.41) is 15.4. The molecular formula is C34H26N2O4S. The van der Waals surface area contributed by atoms with Crippen molar-refractivity contribution in [3.63, 3.8) is 0 Å². The van der Waals surface area contributed by atoms with Gasteiger partial charge in [0.1, 0.15) is 0 Å². The Morgan fingerprint density at radius 3 is 1.93 bits per heavy atom. The van der Waals surface area contributed by atoms with Crippen LogP contribution in [0.3, 0.4) is 0 Å². The number of benzene rings is 5. The lowest BCUT2D eigenvalue weighted by atomic mass is 9.98. The van der Waals surface area contributed by atoms with Crippen LogP contribution < -0.4 is 5.32 Å². The molecule has 1 amide bonds. The number of hydrogen-bond acceptors (Lipinski definition) is 4. The van der Waals surface area contributed by atoms with Gasteiger partial charge in [-0.1, -0.05) is 67.6 Å². The van der Waals surface area contributed by atoms with Crippen LogP contribution in [0, 0.1) is 0 Å². The van der Waals surface area contributed by atoms with Crippen molar-refractivity contribution in [2.24, 2.45) is 0 Å². The summed E-state index contributed by atoms with van der Waals surface area (Å²) in [5.74, 6) is -1.45. The molecule has 6 aromatic rings. The lowest BCUT2D eigenvalue weighted by Gasteiger charge is -2.16. The van der Waals surface area contributed by atoms with E-state index in [1.165, 1.54) is 17.8 Å². The maximum Gasteiger partial charge on any atom is 0.336 e. The molecule has 7 heteroatoms. The third-order valence-corrected chi connectivity index (χ3v) is 8.58. The van der Waals surface area contributed by atoms with Crippen molar-refractivity contribution in [1.82, 2.24) is 4.57 Å². The number of fused-ring (bicyclic) bond motifs is 4. The Morgan fingerprint density at radius 1 is 0.756 bits per heavy atom. The molecular weight excluding hydrogens is 532 g/mol. The molecule has 202 valence electrons. The zero-order valence-corrected chi connectivity index (χ0v) is 23.0. The first-order valence-corrected chi connectivity index (χ1v) is 14.2. The van der Waals surface area contributed by atoms with E-state index in [0.29, 0.717) is 28.4 Å². The van der Waals surface area contributed by atoms with Gasteiger partial charge in [-0.15, -0.1) is 11.8 Å². The van der Waals surface area contributed by atoms with Gasteiger partial charge in [-0.2, -0.15) is 0 Å². The number of hydrogen-bond donors (Lipinski definition) is 2. The van der Waals surface area contributed by atoms with Crippen molar-refractivity contribution in [2.45, 2.75) is 23.5 Å². The van der Waals surface area contributed by atoms with Gasteiger partial charge in [0, 0.05) is 32.3 Å². The van der Waals surface area contributed by atoms with Crippen LogP contribution in [0.4, 0.5) is 5.69 Å². The fourth-order valence-corrected chi connectivity index (χ4v) is 6.29. The number of thioether (sulfide) groups is 1. The summed E-state index contributed by atoms with van der Waals surface area (Å²) in [6.45, 7) is 2.01. The number of aromatic carboxylic acids is 1. The number of carboxylic acid groups (broad SMARTS) is 1. The number of para-hydroxylation sites is 2. The van der Waals surface area contributed by atoms with Crippen LogP contribution in [0.1, 0.15) is 38.9 Å². The molecule has 6 nitrogen and oxygen atoms in total. The van der Waals surface area contributed by atoms with E-state index < -0.39 is 11.9 Å². The molecule has 2 N–H and O–H groups in total. The van der Waals surface area contributed by atoms with Crippen LogP contribution in [0.25, 0.3) is 32.6 Å². The van der Waals surface area contributed by atoms with E-state index in [4.69, 9.17) is 0 Å². The minimum absolute atomic E-state index is 0.0254. The molecule has 0 saturated carbocycles. The van der Waals surface area contributed by atoms with Crippen molar-refractivity contribution in [3.05, 3.63) is 120 Å². The van der Waals surface area contributed by atoms with E-state index in [1.807, 2.05) is 72.2 Å². The van der Waals surface area contributed by atoms with Gasteiger partial charge in [-0.3, -0.25) is 14.2 Å². The molecule has 41 heavy (non-hydrogen) atoms. The molecule has 0 bridgehead atoms. The zero-order valence-electron chi connectivity index (χ0n) is 22.2. The van der Waals surface area contributed by atoms with Crippen LogP contribution in [0.2, 0.25) is 0 Å². The van der Waals surface area contributed by atoms with Gasteiger partial charge in [0.05, 0.1) is 21.8 Å². The second-order valence-corrected chi connectivity index (χ2v) is 11.0. The van der Waals surface area contributed by atoms with Crippen molar-refractivity contribution in [3.8, 4) is 0 Å². The largest absolute Gasteiger partial charge is 0.478 e. The summed E-state index contributed by atoms with van der Waals surface area (Å²) in [4.78, 5) is 39.8. The second-order valence-electron chi connectivity index (χ2n) is 9.72. The Labute approximate surface area is 240 Å². The number of nitrogens with zero attached hydrogens (tertiary/aromatic N) is 1. The third kappa shape index (κ3) is 4.85. The molecule has 0 saturated heterocycles. The molecule has 0 aliphatic heterocycles. The van der Waals surface area contributed by atoms with Crippen molar-refractivity contribution in [2.75, 3.05) is 5.32 Å². The molecule has 1 atom stereocenters. The summed E-state index contributed by atoms with van der Waals surface area (Å²) < 4.78 is 1.83. The van der Waals surface area contributed by atoms with E-state index >= 15 is 0 Å². The van der Waals surface area contributed by atoms with E-state index in [0.717, 1.165) is 26.7 Å². The number of anilines is 1. The number of carboxylic acids is 1. The lowest BCUT2D eigenvalue weighted by Crippen LogP contribution is -2.23. The Morgan fingerprint density at radius 2 is 1.34 bits per heavy atom. The molecule has 0 fully saturated rings. The SMILES string of the molecule is CCC(Sc1ccc(NC(=O)c2cccc3cccc(C(=O)O)c23)cc1)C(=O)n1c2ccccc2c2ccccc21. The molecule has 1 unspecified atom stereocenters. The van der Waals surface area contributed by atoms with Gasteiger partial charge < -0.3 is 10.4 Å². The predicted molar refractivity (Wildman–Crippen MR) is 165 cm³/mol. The topological polar surface area (TPSA) is 88.4 Å². The van der Waals surface area contributed by atoms with Crippen molar-refractivity contribution >= 4 is 67.8 Å². The number of nitrogens with one attached hydrogen (secondary N) is 1. The quantitative estimate of drug-likeness (QED) is 0.193. The van der Waals surface area contributed by atoms with Gasteiger partial charge in [-0.05, 0) is 60.3 Å². The minimum atomic E-state index is -1.09. The van der Waals surface area contributed by atoms with Gasteiger partial charge in [0.2, 0.25) is 5.91 Å². The molecule has 5 aromatic carbocycles. The van der Waals surface area contributed by atoms with Gasteiger partial charge in [-0.25, -0.2) is 4.79 Å². The van der Waals surface area contributed by atoms with Crippen molar-refractivity contribution in [1.29, 1.82) is 0 Å². The zero-order chi connectivity index (χ0) is 28.5. The van der Waals surface area contributed by atoms with Crippen LogP contribution in [0.15, 0.2) is 114 Å². The molecule has 0 spiro atoms. The number of aromatic nitrogens is 1. The normalized spacial score (nSPS) is 12.0. The molecule has 0 radical (unpaired) electrons. The summed E-state index contributed by atoms with van der Waals surface area (Å²) in [6.07, 6.45) is 0.649. The fourth-order valence-electron chi connectivity index (χ4n) is 5.30. The molecule has 6 rings (SSSR count). The highest BCUT2D eigenvalue weighted by molar-refractivity contribution is 8.00. The smallest absolute Gasteiger partial charge is 0.336 e. The number of amides is 1. The average Bonchev–Trinajstić information content (AvgIpc) is 3.34. The van der Waals surface area contributed by atoms with Crippen LogP contribution in [-0.4, -0.2) is 32.7 Å². The Balaban J connectivity index is 1.23. The monoisotopic (exact) mass is 558 g/mol. The number of carbonyl (C=O) groups excluding carboxylic acids is 2. The van der Waals surface area contributed by atoms with E-state index in [-0.39, 0.29) is 16.7 Å². The highest BCUT2D eigenvalue weighted by Gasteiger charge is 2.24. The van der Waals surface area contributed by atoms with E-state index in [1.54, 1.807) is 42.5 Å². The van der Waals surface area contributed by atoms with Crippen LogP contribution in [0.5, 0.6) is 0 Å². The predicted octanol–water partition coefficient (Wildman–Crippen LogP) is 8.11. The molecule has 1 aromatic heterocycles. The number of carbonyl (C=O) groups is 3. The standard InChI is InChI=1S/C34H26N2O4S/c1-2-30(33(38)36-28-15-5-3-11-24(28)25-12-4-6-16-29(25)36)41-23-19-17-22(18-20-23)35-32(37)26-13-7-9-21-10-8-14-27(31(21)26)34(39)40/h3-20,30H,2H2,1H3,(H,35,37)(H,39,40). The first-order chi connectivity index (χ1) is 20.0. The summed E-state index contributed by atoms with van der Waals surface area (Å²) in [5.41, 5.74) is 2.75. The van der Waals surface area contributed by atoms with Gasteiger partial charge in [0.15, 0.2) is 0 Å². The maximum atomic E-state index is 13.9. The average molecular weight is 559 g/mol. The summed E-state index contributed by atoms with van der Waals surface area (Å²) in [6, 6.07) is 33.4. The van der Waals surface area contributed by atoms with E-state index in [9.17, 15) is 19.5 Å². The number of rotatable bonds is 7. The molecule has 0 aliphatic rings. The first kappa shape index (κ1) is 26.3. The van der Waals surface area contributed by atoms with Gasteiger partial charge >= 0.3 is 5.97 Å². The van der Waals surface area contributed by atoms with Crippen LogP contribution >= 0.6 is 11.8 Å². The first-order valence-electron chi connectivity index (χ1n) is 13.3. The lowest BCUT2D eigenvalue weighted by molar-refractivity contribution is 0.0698. The summed E-state index contributed by atoms with van der Waals surface area (Å²) >= 11 is 1.49. The van der Waals surface area contributed by atoms with E-state index in [2.05, 4.69) is 5.32 Å². The summed E-state index contributed by atoms with van der Waals surface area (Å²) in [7, 11) is 0. The Hall–Kier alpha value is -4.88. The highest BCUT2D eigenvalue weighted by Crippen LogP contribution is 2.33. The Kier molecular flexibility index (Phi) is 7.03. The highest BCUT2D eigenvalue weighted by atomic mass is 32.2. The third-order valence-electron chi connectivity index (χ3n) is 7.22. The molecule has 1 heterocycles. The van der Waals surface area contributed by atoms with Crippen LogP contribution in [-0.2, 0) is 0 Å². The van der Waals surface area contributed by atoms with Crippen molar-refractivity contribution < 1.29 is 19.5 Å². The molecule has 0 aliphatic carbocycles. The minimum Gasteiger partial charge on any atom is -0.478 e. The maximum absolute atomic E-state index is 13.9. The Bertz CT molecular complexity index is 1900. The second kappa shape index (κ2) is 10.9. The van der Waals surface area contributed by atoms with Gasteiger partial charge in [0.25, 0.3) is 5.91 Å².